The number of rotatable bonds is 2. The van der Waals surface area contributed by atoms with E-state index in [1.54, 1.807) is 24.3 Å². The third-order valence-corrected chi connectivity index (χ3v) is 4.95. The summed E-state index contributed by atoms with van der Waals surface area (Å²) in [6, 6.07) is 6.69. The lowest BCUT2D eigenvalue weighted by Crippen LogP contribution is -2.37. The number of amides is 1. The third kappa shape index (κ3) is 3.86. The Bertz CT molecular complexity index is 668. The van der Waals surface area contributed by atoms with Crippen LogP contribution in [0.25, 0.3) is 0 Å². The Kier molecular flexibility index (Phi) is 4.34. The SMILES string of the molecule is CC(C)(C)OC(=O)N1CC[C@]2(CCN(c3ccc([N+](=O)[O-])cc3)C2)C1. The van der Waals surface area contributed by atoms with Crippen molar-refractivity contribution >= 4 is 17.5 Å². The minimum atomic E-state index is -0.479. The molecular formula is C18H25N3O4. The second-order valence-electron chi connectivity index (χ2n) is 8.10. The fourth-order valence-corrected chi connectivity index (χ4v) is 3.69. The third-order valence-electron chi connectivity index (χ3n) is 4.95. The monoisotopic (exact) mass is 347 g/mol. The molecule has 1 atom stereocenters. The Morgan fingerprint density at radius 3 is 2.40 bits per heavy atom. The van der Waals surface area contributed by atoms with Crippen molar-refractivity contribution in [3.05, 3.63) is 34.4 Å². The molecule has 2 saturated heterocycles. The van der Waals surface area contributed by atoms with Crippen LogP contribution in [-0.4, -0.2) is 47.7 Å². The van der Waals surface area contributed by atoms with E-state index in [-0.39, 0.29) is 22.1 Å². The van der Waals surface area contributed by atoms with E-state index in [4.69, 9.17) is 4.74 Å². The van der Waals surface area contributed by atoms with E-state index in [0.717, 1.165) is 38.2 Å². The Hall–Kier alpha value is -2.31. The number of non-ortho nitro benzene ring substituents is 1. The van der Waals surface area contributed by atoms with Crippen molar-refractivity contribution in [2.45, 2.75) is 39.2 Å². The highest BCUT2D eigenvalue weighted by atomic mass is 16.6. The van der Waals surface area contributed by atoms with Gasteiger partial charge < -0.3 is 14.5 Å². The molecule has 1 aromatic rings. The van der Waals surface area contributed by atoms with Crippen molar-refractivity contribution in [1.82, 2.24) is 4.90 Å². The molecule has 0 unspecified atom stereocenters. The summed E-state index contributed by atoms with van der Waals surface area (Å²) >= 11 is 0. The fraction of sp³-hybridized carbons (Fsp3) is 0.611. The van der Waals surface area contributed by atoms with Crippen LogP contribution in [0.15, 0.2) is 24.3 Å². The van der Waals surface area contributed by atoms with Gasteiger partial charge in [0.15, 0.2) is 0 Å². The van der Waals surface area contributed by atoms with Crippen molar-refractivity contribution in [2.75, 3.05) is 31.1 Å². The van der Waals surface area contributed by atoms with Crippen LogP contribution in [0.3, 0.4) is 0 Å². The topological polar surface area (TPSA) is 75.9 Å². The summed E-state index contributed by atoms with van der Waals surface area (Å²) in [5, 5.41) is 10.8. The number of carbonyl (C=O) groups excluding carboxylic acids is 1. The van der Waals surface area contributed by atoms with Crippen LogP contribution in [0.4, 0.5) is 16.2 Å². The molecule has 0 radical (unpaired) electrons. The Morgan fingerprint density at radius 1 is 1.16 bits per heavy atom. The van der Waals surface area contributed by atoms with Gasteiger partial charge in [-0.15, -0.1) is 0 Å². The Morgan fingerprint density at radius 2 is 1.80 bits per heavy atom. The predicted molar refractivity (Wildman–Crippen MR) is 94.8 cm³/mol. The zero-order valence-electron chi connectivity index (χ0n) is 15.0. The van der Waals surface area contributed by atoms with Crippen molar-refractivity contribution < 1.29 is 14.5 Å². The molecule has 7 heteroatoms. The molecule has 0 N–H and O–H groups in total. The summed E-state index contributed by atoms with van der Waals surface area (Å²) in [6.45, 7) is 8.84. The molecule has 136 valence electrons. The van der Waals surface area contributed by atoms with Gasteiger partial charge in [0, 0.05) is 49.4 Å². The van der Waals surface area contributed by atoms with Gasteiger partial charge in [-0.2, -0.15) is 0 Å². The Labute approximate surface area is 147 Å². The first-order chi connectivity index (χ1) is 11.7. The molecule has 3 rings (SSSR count). The van der Waals surface area contributed by atoms with Crippen molar-refractivity contribution in [2.24, 2.45) is 5.41 Å². The second-order valence-corrected chi connectivity index (χ2v) is 8.10. The van der Waals surface area contributed by atoms with Gasteiger partial charge in [0.2, 0.25) is 0 Å². The predicted octanol–water partition coefficient (Wildman–Crippen LogP) is 3.43. The van der Waals surface area contributed by atoms with Gasteiger partial charge in [-0.1, -0.05) is 0 Å². The fourth-order valence-electron chi connectivity index (χ4n) is 3.69. The van der Waals surface area contributed by atoms with Gasteiger partial charge in [0.05, 0.1) is 4.92 Å². The number of nitro benzene ring substituents is 1. The molecule has 2 heterocycles. The smallest absolute Gasteiger partial charge is 0.410 e. The van der Waals surface area contributed by atoms with E-state index in [2.05, 4.69) is 4.90 Å². The van der Waals surface area contributed by atoms with E-state index < -0.39 is 5.60 Å². The number of hydrogen-bond acceptors (Lipinski definition) is 5. The van der Waals surface area contributed by atoms with Crippen molar-refractivity contribution in [1.29, 1.82) is 0 Å². The van der Waals surface area contributed by atoms with Gasteiger partial charge in [0.25, 0.3) is 5.69 Å². The number of hydrogen-bond donors (Lipinski definition) is 0. The van der Waals surface area contributed by atoms with E-state index in [0.29, 0.717) is 6.54 Å². The van der Waals surface area contributed by atoms with Gasteiger partial charge in [-0.3, -0.25) is 10.1 Å². The number of likely N-dealkylation sites (tertiary alicyclic amines) is 1. The van der Waals surface area contributed by atoms with Gasteiger partial charge in [-0.25, -0.2) is 4.79 Å². The highest BCUT2D eigenvalue weighted by molar-refractivity contribution is 5.68. The largest absolute Gasteiger partial charge is 0.444 e. The summed E-state index contributed by atoms with van der Waals surface area (Å²) in [7, 11) is 0. The summed E-state index contributed by atoms with van der Waals surface area (Å²) in [5.74, 6) is 0. The van der Waals surface area contributed by atoms with Crippen molar-refractivity contribution in [3.63, 3.8) is 0 Å². The molecule has 2 aliphatic heterocycles. The van der Waals surface area contributed by atoms with Crippen LogP contribution in [0.1, 0.15) is 33.6 Å². The summed E-state index contributed by atoms with van der Waals surface area (Å²) in [4.78, 5) is 26.7. The quantitative estimate of drug-likeness (QED) is 0.605. The summed E-state index contributed by atoms with van der Waals surface area (Å²) < 4.78 is 5.48. The van der Waals surface area contributed by atoms with Crippen LogP contribution in [0.5, 0.6) is 0 Å². The van der Waals surface area contributed by atoms with E-state index in [1.807, 2.05) is 25.7 Å². The lowest BCUT2D eigenvalue weighted by atomic mass is 9.86. The molecule has 0 aliphatic carbocycles. The number of anilines is 1. The minimum absolute atomic E-state index is 0.0959. The maximum atomic E-state index is 12.3. The Balaban J connectivity index is 1.62. The van der Waals surface area contributed by atoms with Crippen LogP contribution in [-0.2, 0) is 4.74 Å². The lowest BCUT2D eigenvalue weighted by molar-refractivity contribution is -0.384. The van der Waals surface area contributed by atoms with E-state index in [1.165, 1.54) is 0 Å². The standard InChI is InChI=1S/C18H25N3O4/c1-17(2,3)25-16(22)20-11-9-18(13-20)8-10-19(12-18)14-4-6-15(7-5-14)21(23)24/h4-7H,8-13H2,1-3H3/t18-/m0/s1. The van der Waals surface area contributed by atoms with E-state index in [9.17, 15) is 14.9 Å². The number of ether oxygens (including phenoxy) is 1. The highest BCUT2D eigenvalue weighted by Crippen LogP contribution is 2.41. The van der Waals surface area contributed by atoms with Crippen LogP contribution in [0, 0.1) is 15.5 Å². The number of benzene rings is 1. The maximum Gasteiger partial charge on any atom is 0.410 e. The average Bonchev–Trinajstić information content (AvgIpc) is 3.14. The van der Waals surface area contributed by atoms with Crippen LogP contribution < -0.4 is 4.90 Å². The summed E-state index contributed by atoms with van der Waals surface area (Å²) in [5.41, 5.74) is 0.722. The van der Waals surface area contributed by atoms with Crippen molar-refractivity contribution in [3.8, 4) is 0 Å². The molecule has 1 amide bonds. The van der Waals surface area contributed by atoms with Crippen LogP contribution >= 0.6 is 0 Å². The molecule has 25 heavy (non-hydrogen) atoms. The van der Waals surface area contributed by atoms with Gasteiger partial charge in [0.1, 0.15) is 5.60 Å². The maximum absolute atomic E-state index is 12.3. The van der Waals surface area contributed by atoms with Crippen LogP contribution in [0.2, 0.25) is 0 Å². The molecule has 2 aliphatic rings. The highest BCUT2D eigenvalue weighted by Gasteiger charge is 2.45. The van der Waals surface area contributed by atoms with E-state index >= 15 is 0 Å². The molecule has 1 spiro atoms. The molecule has 7 nitrogen and oxygen atoms in total. The number of carbonyl (C=O) groups is 1. The molecular weight excluding hydrogens is 322 g/mol. The first-order valence-electron chi connectivity index (χ1n) is 8.65. The number of nitro groups is 1. The first kappa shape index (κ1) is 17.5. The molecule has 2 fully saturated rings. The number of nitrogens with zero attached hydrogens (tertiary/aromatic N) is 3. The normalized spacial score (nSPS) is 23.3. The van der Waals surface area contributed by atoms with Gasteiger partial charge >= 0.3 is 6.09 Å². The molecule has 1 aromatic carbocycles. The minimum Gasteiger partial charge on any atom is -0.444 e. The first-order valence-corrected chi connectivity index (χ1v) is 8.65. The average molecular weight is 347 g/mol. The molecule has 0 aromatic heterocycles. The second kappa shape index (κ2) is 6.20. The zero-order chi connectivity index (χ0) is 18.2. The zero-order valence-corrected chi connectivity index (χ0v) is 15.0. The molecule has 0 saturated carbocycles. The lowest BCUT2D eigenvalue weighted by Gasteiger charge is -2.27. The van der Waals surface area contributed by atoms with Gasteiger partial charge in [-0.05, 0) is 45.7 Å². The molecule has 0 bridgehead atoms. The summed E-state index contributed by atoms with van der Waals surface area (Å²) in [6.07, 6.45) is 1.75.